The zero-order chi connectivity index (χ0) is 54.1. The summed E-state index contributed by atoms with van der Waals surface area (Å²) >= 11 is 0. The van der Waals surface area contributed by atoms with E-state index in [1.54, 1.807) is 6.08 Å². The molecule has 0 aromatic heterocycles. The molecule has 0 radical (unpaired) electrons. The summed E-state index contributed by atoms with van der Waals surface area (Å²) in [4.78, 5) is 56.9. The minimum absolute atomic E-state index is 0.0429. The van der Waals surface area contributed by atoms with Crippen molar-refractivity contribution < 1.29 is 96.9 Å². The number of allylic oxidation sites excluding steroid dienone is 6. The molecular weight excluding hydrogens is 994 g/mol. The topological polar surface area (TPSA) is 326 Å². The van der Waals surface area contributed by atoms with Crippen molar-refractivity contribution in [2.75, 3.05) is 13.2 Å². The molecule has 1 fully saturated rings. The fraction of sp³-hybridized carbons (Fsp3) is 0.804. The van der Waals surface area contributed by atoms with Crippen LogP contribution < -0.4 is 0 Å². The van der Waals surface area contributed by atoms with Gasteiger partial charge in [0.15, 0.2) is 12.4 Å². The van der Waals surface area contributed by atoms with E-state index in [4.69, 9.17) is 27.8 Å². The number of carbonyl (C=O) groups excluding carboxylic acids is 2. The zero-order valence-corrected chi connectivity index (χ0v) is 44.9. The Morgan fingerprint density at radius 1 is 0.822 bits per heavy atom. The summed E-state index contributed by atoms with van der Waals surface area (Å²) in [6.45, 7) is 2.53. The van der Waals surface area contributed by atoms with Gasteiger partial charge in [-0.15, -0.1) is 0 Å². The van der Waals surface area contributed by atoms with Crippen molar-refractivity contribution in [2.24, 2.45) is 5.92 Å². The van der Waals surface area contributed by atoms with Crippen LogP contribution in [0.3, 0.4) is 0 Å². The number of ether oxygens (including phenoxy) is 3. The molecule has 2 aliphatic rings. The van der Waals surface area contributed by atoms with Gasteiger partial charge in [0.25, 0.3) is 0 Å². The number of unbranched alkanes of at least 4 members (excludes halogenated alkanes) is 14. The molecule has 1 saturated heterocycles. The molecule has 22 heteroatoms. The van der Waals surface area contributed by atoms with Crippen molar-refractivity contribution in [3.63, 3.8) is 0 Å². The van der Waals surface area contributed by atoms with Crippen molar-refractivity contribution in [3.8, 4) is 0 Å². The number of hydrogen-bond acceptors (Lipinski definition) is 17. The van der Waals surface area contributed by atoms with Crippen LogP contribution in [0.5, 0.6) is 0 Å². The molecule has 2 heterocycles. The van der Waals surface area contributed by atoms with Gasteiger partial charge in [-0.2, -0.15) is 0 Å². The lowest BCUT2D eigenvalue weighted by Crippen LogP contribution is -2.58. The van der Waals surface area contributed by atoms with Gasteiger partial charge in [-0.25, -0.2) is 9.13 Å². The Morgan fingerprint density at radius 2 is 1.44 bits per heavy atom. The first-order valence-electron chi connectivity index (χ1n) is 26.6. The van der Waals surface area contributed by atoms with Crippen LogP contribution >= 0.6 is 15.6 Å². The predicted octanol–water partition coefficient (Wildman–Crippen LogP) is 6.95. The molecule has 2 rings (SSSR count). The molecule has 0 amide bonds. The first-order valence-corrected chi connectivity index (χ1v) is 29.6. The lowest BCUT2D eigenvalue weighted by molar-refractivity contribution is -0.210. The van der Waals surface area contributed by atoms with Gasteiger partial charge in [-0.1, -0.05) is 140 Å². The Hall–Kier alpha value is -2.20. The summed E-state index contributed by atoms with van der Waals surface area (Å²) in [6, 6.07) is 0. The molecule has 2 aliphatic heterocycles. The fourth-order valence-corrected chi connectivity index (χ4v) is 9.98. The molecular formula is C51H90O20P2. The summed E-state index contributed by atoms with van der Waals surface area (Å²) in [6.07, 6.45) is 8.60. The normalized spacial score (nSPS) is 30.7. The van der Waals surface area contributed by atoms with E-state index in [1.165, 1.54) is 44.6 Å². The van der Waals surface area contributed by atoms with Gasteiger partial charge in [0.2, 0.25) is 0 Å². The van der Waals surface area contributed by atoms with Gasteiger partial charge in [0.05, 0.1) is 24.9 Å². The lowest BCUT2D eigenvalue weighted by atomic mass is 9.83. The monoisotopic (exact) mass is 1080 g/mol. The van der Waals surface area contributed by atoms with Gasteiger partial charge >= 0.3 is 27.6 Å². The van der Waals surface area contributed by atoms with E-state index in [1.807, 2.05) is 6.92 Å². The molecule has 10 N–H and O–H groups in total. The number of aliphatic hydroxyl groups is 7. The molecule has 0 saturated carbocycles. The van der Waals surface area contributed by atoms with E-state index < -0.39 is 120 Å². The smallest absolute Gasteiger partial charge is 0.462 e. The Labute approximate surface area is 432 Å². The third-order valence-electron chi connectivity index (χ3n) is 12.7. The van der Waals surface area contributed by atoms with E-state index in [0.29, 0.717) is 12.8 Å². The molecule has 424 valence electrons. The van der Waals surface area contributed by atoms with Crippen LogP contribution in [-0.2, 0) is 46.5 Å². The van der Waals surface area contributed by atoms with Crippen molar-refractivity contribution in [1.29, 1.82) is 0 Å². The van der Waals surface area contributed by atoms with Crippen LogP contribution in [0, 0.1) is 5.92 Å². The highest BCUT2D eigenvalue weighted by Crippen LogP contribution is 2.49. The third kappa shape index (κ3) is 30.4. The highest BCUT2D eigenvalue weighted by molar-refractivity contribution is 7.47. The second-order valence-electron chi connectivity index (χ2n) is 19.1. The Bertz CT molecular complexity index is 1710. The molecule has 2 bridgehead atoms. The van der Waals surface area contributed by atoms with Crippen molar-refractivity contribution in [3.05, 3.63) is 48.6 Å². The molecule has 0 aromatic carbocycles. The van der Waals surface area contributed by atoms with Crippen molar-refractivity contribution >= 4 is 27.6 Å². The number of aliphatic hydroxyl groups excluding tert-OH is 7. The SMILES string of the molecule is CCCCC/C=C\C/C=C\CCCCCCCCCCCC(=O)OC[C@@H]1COP(=O)(O)O[C@H]2[C@H](O)[C@@H](O)[C@H](O)[C@@H](C/C=C\CCCC(=O)O1)[C@@H](O)CC(O)O[C@H](C=C[C@@H](O)CCCCC)[C@@H](O)[C@H]2OP(=O)(O)O. The van der Waals surface area contributed by atoms with Gasteiger partial charge in [-0.3, -0.25) is 23.2 Å². The maximum atomic E-state index is 13.8. The predicted molar refractivity (Wildman–Crippen MR) is 272 cm³/mol. The van der Waals surface area contributed by atoms with Crippen LogP contribution in [0.2, 0.25) is 0 Å². The standard InChI is InChI=1S/C51H90O20P2/c1-3-5-7-8-9-10-11-12-13-14-15-16-17-18-19-20-21-22-27-31-43(54)66-36-39-37-67-73(64,65)71-51-49(60)48(59)46(57)40(30-26-23-24-28-32-44(55)68-39)41(53)35-45(56)69-42(34-33-38(52)29-25-6-4-2)47(58)50(51)70-72(61,62)63/h9-10,12-13,23,26,33-34,38-42,45-53,56-60H,3-8,11,14-22,24-25,27-32,35-37H2,1-2H3,(H,64,65)(H2,61,62,63)/b10-9-,13-12-,26-23-,34-33?/t38-,39+,40-,41-,42+,45?,46+,47+,48-,49+,50+,51-/m0/s1. The van der Waals surface area contributed by atoms with Crippen LogP contribution in [0.4, 0.5) is 0 Å². The zero-order valence-electron chi connectivity index (χ0n) is 43.1. The summed E-state index contributed by atoms with van der Waals surface area (Å²) < 4.78 is 57.8. The number of phosphoric acid groups is 2. The summed E-state index contributed by atoms with van der Waals surface area (Å²) in [5.74, 6) is -2.86. The maximum Gasteiger partial charge on any atom is 0.472 e. The number of esters is 2. The Kier molecular flexibility index (Phi) is 35.2. The first-order chi connectivity index (χ1) is 34.8. The summed E-state index contributed by atoms with van der Waals surface area (Å²) in [5.41, 5.74) is 0. The average Bonchev–Trinajstić information content (AvgIpc) is 3.33. The lowest BCUT2D eigenvalue weighted by Gasteiger charge is -2.41. The van der Waals surface area contributed by atoms with E-state index in [9.17, 15) is 69.1 Å². The molecule has 73 heavy (non-hydrogen) atoms. The summed E-state index contributed by atoms with van der Waals surface area (Å²) in [7, 11) is -11.5. The number of cyclic esters (lactones) is 1. The van der Waals surface area contributed by atoms with Crippen molar-refractivity contribution in [1.82, 2.24) is 0 Å². The number of phosphoric ester groups is 2. The van der Waals surface area contributed by atoms with E-state index in [2.05, 4.69) is 31.2 Å². The number of rotatable bonds is 28. The third-order valence-corrected chi connectivity index (χ3v) is 14.2. The fourth-order valence-electron chi connectivity index (χ4n) is 8.45. The van der Waals surface area contributed by atoms with E-state index in [0.717, 1.165) is 76.4 Å². The second-order valence-corrected chi connectivity index (χ2v) is 21.7. The van der Waals surface area contributed by atoms with Gasteiger partial charge in [-0.05, 0) is 64.2 Å². The van der Waals surface area contributed by atoms with Crippen LogP contribution in [0.15, 0.2) is 48.6 Å². The second kappa shape index (κ2) is 38.4. The number of hydrogen-bond donors (Lipinski definition) is 10. The molecule has 0 spiro atoms. The summed E-state index contributed by atoms with van der Waals surface area (Å²) in [5, 5.41) is 79.0. The quantitative estimate of drug-likeness (QED) is 0.0164. The Balaban J connectivity index is 2.19. The largest absolute Gasteiger partial charge is 0.472 e. The van der Waals surface area contributed by atoms with Gasteiger partial charge in [0.1, 0.15) is 43.2 Å². The minimum atomic E-state index is -5.80. The molecule has 13 atom stereocenters. The van der Waals surface area contributed by atoms with Gasteiger partial charge < -0.3 is 64.6 Å². The van der Waals surface area contributed by atoms with Crippen LogP contribution in [-0.4, -0.2) is 143 Å². The van der Waals surface area contributed by atoms with Crippen LogP contribution in [0.1, 0.15) is 174 Å². The minimum Gasteiger partial charge on any atom is -0.462 e. The molecule has 0 aliphatic carbocycles. The molecule has 2 unspecified atom stereocenters. The van der Waals surface area contributed by atoms with Gasteiger partial charge in [0, 0.05) is 25.2 Å². The van der Waals surface area contributed by atoms with Crippen molar-refractivity contribution in [2.45, 2.75) is 242 Å². The highest BCUT2D eigenvalue weighted by Gasteiger charge is 2.50. The number of fused-ring (bicyclic) bond motifs is 4. The molecule has 0 aromatic rings. The average molecular weight is 1090 g/mol. The van der Waals surface area contributed by atoms with Crippen LogP contribution in [0.25, 0.3) is 0 Å². The van der Waals surface area contributed by atoms with E-state index in [-0.39, 0.29) is 38.5 Å². The number of carbonyl (C=O) groups is 2. The Morgan fingerprint density at radius 3 is 2.08 bits per heavy atom. The molecule has 20 nitrogen and oxygen atoms in total. The highest BCUT2D eigenvalue weighted by atomic mass is 31.2. The maximum absolute atomic E-state index is 13.8. The van der Waals surface area contributed by atoms with E-state index >= 15 is 0 Å². The first kappa shape index (κ1) is 66.9.